The lowest BCUT2D eigenvalue weighted by atomic mass is 10.0. The summed E-state index contributed by atoms with van der Waals surface area (Å²) in [6.07, 6.45) is 4.14. The van der Waals surface area contributed by atoms with Crippen molar-refractivity contribution >= 4 is 27.3 Å². The fraction of sp³-hybridized carbons (Fsp3) is 0.667. The van der Waals surface area contributed by atoms with Gasteiger partial charge in [0.05, 0.1) is 0 Å². The van der Waals surface area contributed by atoms with Crippen molar-refractivity contribution in [2.75, 3.05) is 13.1 Å². The van der Waals surface area contributed by atoms with Crippen LogP contribution in [-0.2, 0) is 6.54 Å². The Morgan fingerprint density at radius 2 is 2.33 bits per heavy atom. The van der Waals surface area contributed by atoms with E-state index in [-0.39, 0.29) is 0 Å². The van der Waals surface area contributed by atoms with Gasteiger partial charge in [0.1, 0.15) is 0 Å². The summed E-state index contributed by atoms with van der Waals surface area (Å²) in [5.74, 6) is 0.921. The molecule has 0 aliphatic carbocycles. The van der Waals surface area contributed by atoms with E-state index in [9.17, 15) is 0 Å². The standard InChI is InChI=1S/C12H18BrNS/c1-10-3-2-5-14(6-4-10)8-12-7-11(13)9-15-12/h7,9-10H,2-6,8H2,1H3. The quantitative estimate of drug-likeness (QED) is 0.791. The van der Waals surface area contributed by atoms with Gasteiger partial charge in [-0.25, -0.2) is 0 Å². The summed E-state index contributed by atoms with van der Waals surface area (Å²) < 4.78 is 1.23. The smallest absolute Gasteiger partial charge is 0.0328 e. The topological polar surface area (TPSA) is 3.24 Å². The number of halogens is 1. The van der Waals surface area contributed by atoms with Crippen molar-refractivity contribution in [3.05, 3.63) is 20.8 Å². The molecule has 1 nitrogen and oxygen atoms in total. The van der Waals surface area contributed by atoms with Gasteiger partial charge in [-0.05, 0) is 60.3 Å². The van der Waals surface area contributed by atoms with E-state index in [4.69, 9.17) is 0 Å². The van der Waals surface area contributed by atoms with Gasteiger partial charge in [-0.3, -0.25) is 4.90 Å². The number of likely N-dealkylation sites (tertiary alicyclic amines) is 1. The summed E-state index contributed by atoms with van der Waals surface area (Å²) in [5, 5.41) is 2.18. The summed E-state index contributed by atoms with van der Waals surface area (Å²) in [4.78, 5) is 4.08. The van der Waals surface area contributed by atoms with E-state index in [0.717, 1.165) is 12.5 Å². The number of nitrogens with zero attached hydrogens (tertiary/aromatic N) is 1. The molecule has 84 valence electrons. The molecule has 1 aromatic heterocycles. The van der Waals surface area contributed by atoms with Crippen molar-refractivity contribution in [3.8, 4) is 0 Å². The zero-order chi connectivity index (χ0) is 10.7. The third-order valence-electron chi connectivity index (χ3n) is 3.11. The Balaban J connectivity index is 1.88. The molecule has 2 heterocycles. The Morgan fingerprint density at radius 3 is 3.07 bits per heavy atom. The Morgan fingerprint density at radius 1 is 1.47 bits per heavy atom. The maximum atomic E-state index is 3.51. The van der Waals surface area contributed by atoms with Crippen LogP contribution in [0.25, 0.3) is 0 Å². The van der Waals surface area contributed by atoms with Gasteiger partial charge in [-0.1, -0.05) is 6.92 Å². The highest BCUT2D eigenvalue weighted by atomic mass is 79.9. The third-order valence-corrected chi connectivity index (χ3v) is 4.79. The zero-order valence-corrected chi connectivity index (χ0v) is 11.6. The number of hydrogen-bond donors (Lipinski definition) is 0. The molecule has 1 fully saturated rings. The van der Waals surface area contributed by atoms with Crippen LogP contribution in [0.3, 0.4) is 0 Å². The first-order chi connectivity index (χ1) is 7.24. The lowest BCUT2D eigenvalue weighted by molar-refractivity contribution is 0.276. The first-order valence-corrected chi connectivity index (χ1v) is 7.36. The van der Waals surface area contributed by atoms with Gasteiger partial charge in [-0.15, -0.1) is 11.3 Å². The second kappa shape index (κ2) is 5.46. The van der Waals surface area contributed by atoms with Crippen molar-refractivity contribution in [1.82, 2.24) is 4.90 Å². The predicted molar refractivity (Wildman–Crippen MR) is 70.3 cm³/mol. The van der Waals surface area contributed by atoms with Crippen LogP contribution in [0.2, 0.25) is 0 Å². The summed E-state index contributed by atoms with van der Waals surface area (Å²) >= 11 is 5.38. The average molecular weight is 288 g/mol. The average Bonchev–Trinajstić information content (AvgIpc) is 2.48. The molecule has 0 N–H and O–H groups in total. The number of hydrogen-bond acceptors (Lipinski definition) is 2. The molecule has 2 rings (SSSR count). The third kappa shape index (κ3) is 3.58. The first-order valence-electron chi connectivity index (χ1n) is 5.69. The lowest BCUT2D eigenvalue weighted by Crippen LogP contribution is -2.23. The van der Waals surface area contributed by atoms with Crippen molar-refractivity contribution in [2.45, 2.75) is 32.7 Å². The van der Waals surface area contributed by atoms with Crippen LogP contribution in [0.4, 0.5) is 0 Å². The van der Waals surface area contributed by atoms with Crippen LogP contribution >= 0.6 is 27.3 Å². The largest absolute Gasteiger partial charge is 0.298 e. The summed E-state index contributed by atoms with van der Waals surface area (Å²) in [7, 11) is 0. The first kappa shape index (κ1) is 11.6. The van der Waals surface area contributed by atoms with Gasteiger partial charge in [0, 0.05) is 21.3 Å². The van der Waals surface area contributed by atoms with E-state index < -0.39 is 0 Å². The van der Waals surface area contributed by atoms with E-state index in [1.807, 2.05) is 11.3 Å². The summed E-state index contributed by atoms with van der Waals surface area (Å²) in [5.41, 5.74) is 0. The van der Waals surface area contributed by atoms with Crippen LogP contribution in [0.15, 0.2) is 15.9 Å². The molecule has 1 unspecified atom stereocenters. The van der Waals surface area contributed by atoms with Gasteiger partial charge in [-0.2, -0.15) is 0 Å². The van der Waals surface area contributed by atoms with Crippen molar-refractivity contribution in [2.24, 2.45) is 5.92 Å². The van der Waals surface area contributed by atoms with Gasteiger partial charge < -0.3 is 0 Å². The van der Waals surface area contributed by atoms with Crippen molar-refractivity contribution < 1.29 is 0 Å². The minimum Gasteiger partial charge on any atom is -0.298 e. The van der Waals surface area contributed by atoms with E-state index in [1.54, 1.807) is 0 Å². The molecule has 0 amide bonds. The minimum atomic E-state index is 0.921. The normalized spacial score (nSPS) is 24.0. The molecule has 1 aliphatic rings. The Bertz CT molecular complexity index is 310. The van der Waals surface area contributed by atoms with Crippen LogP contribution in [0.5, 0.6) is 0 Å². The fourth-order valence-electron chi connectivity index (χ4n) is 2.14. The van der Waals surface area contributed by atoms with Gasteiger partial charge >= 0.3 is 0 Å². The molecule has 0 aromatic carbocycles. The maximum absolute atomic E-state index is 3.51. The maximum Gasteiger partial charge on any atom is 0.0328 e. The molecule has 0 spiro atoms. The molecular formula is C12H18BrNS. The fourth-order valence-corrected chi connectivity index (χ4v) is 3.63. The van der Waals surface area contributed by atoms with Crippen LogP contribution in [0.1, 0.15) is 31.1 Å². The van der Waals surface area contributed by atoms with Crippen molar-refractivity contribution in [3.63, 3.8) is 0 Å². The second-order valence-corrected chi connectivity index (χ2v) is 6.45. The molecule has 15 heavy (non-hydrogen) atoms. The van der Waals surface area contributed by atoms with E-state index >= 15 is 0 Å². The Kier molecular flexibility index (Phi) is 4.23. The lowest BCUT2D eigenvalue weighted by Gasteiger charge is -2.18. The summed E-state index contributed by atoms with van der Waals surface area (Å²) in [6, 6.07) is 2.25. The highest BCUT2D eigenvalue weighted by Crippen LogP contribution is 2.23. The molecular weight excluding hydrogens is 270 g/mol. The molecule has 1 aliphatic heterocycles. The molecule has 0 bridgehead atoms. The molecule has 0 radical (unpaired) electrons. The van der Waals surface area contributed by atoms with E-state index in [0.29, 0.717) is 0 Å². The molecule has 1 saturated heterocycles. The Labute approximate surface area is 105 Å². The summed E-state index contributed by atoms with van der Waals surface area (Å²) in [6.45, 7) is 6.07. The van der Waals surface area contributed by atoms with Gasteiger partial charge in [0.2, 0.25) is 0 Å². The van der Waals surface area contributed by atoms with Crippen LogP contribution < -0.4 is 0 Å². The number of thiophene rings is 1. The molecule has 1 aromatic rings. The van der Waals surface area contributed by atoms with Crippen molar-refractivity contribution in [1.29, 1.82) is 0 Å². The highest BCUT2D eigenvalue weighted by molar-refractivity contribution is 9.10. The minimum absolute atomic E-state index is 0.921. The molecule has 1 atom stereocenters. The predicted octanol–water partition coefficient (Wildman–Crippen LogP) is 4.13. The second-order valence-electron chi connectivity index (χ2n) is 4.54. The van der Waals surface area contributed by atoms with E-state index in [2.05, 4.69) is 39.2 Å². The monoisotopic (exact) mass is 287 g/mol. The van der Waals surface area contributed by atoms with Crippen LogP contribution in [0, 0.1) is 5.92 Å². The Hall–Kier alpha value is 0.140. The molecule has 3 heteroatoms. The number of rotatable bonds is 2. The zero-order valence-electron chi connectivity index (χ0n) is 9.21. The molecule has 0 saturated carbocycles. The van der Waals surface area contributed by atoms with E-state index in [1.165, 1.54) is 41.7 Å². The highest BCUT2D eigenvalue weighted by Gasteiger charge is 2.14. The van der Waals surface area contributed by atoms with Crippen LogP contribution in [-0.4, -0.2) is 18.0 Å². The van der Waals surface area contributed by atoms with Gasteiger partial charge in [0.15, 0.2) is 0 Å². The van der Waals surface area contributed by atoms with Gasteiger partial charge in [0.25, 0.3) is 0 Å². The SMILES string of the molecule is CC1CCCN(Cc2cc(Br)cs2)CC1.